The van der Waals surface area contributed by atoms with Gasteiger partial charge in [0, 0.05) is 25.2 Å². The van der Waals surface area contributed by atoms with Gasteiger partial charge in [0.15, 0.2) is 0 Å². The van der Waals surface area contributed by atoms with E-state index in [0.717, 1.165) is 44.3 Å². The fraction of sp³-hybridized carbons (Fsp3) is 0.419. The van der Waals surface area contributed by atoms with Crippen molar-refractivity contribution in [1.29, 1.82) is 0 Å². The van der Waals surface area contributed by atoms with Crippen LogP contribution in [0, 0.1) is 12.8 Å². The molecule has 0 heterocycles. The maximum Gasteiger partial charge on any atom is 0.240 e. The van der Waals surface area contributed by atoms with Gasteiger partial charge in [-0.2, -0.15) is 0 Å². The van der Waals surface area contributed by atoms with Crippen LogP contribution in [-0.2, 0) is 23.1 Å². The molecular formula is C31H42N2O2S. The van der Waals surface area contributed by atoms with Crippen molar-refractivity contribution in [3.8, 4) is 0 Å². The minimum Gasteiger partial charge on any atom is -0.290 e. The Bertz CT molecular complexity index is 1090. The van der Waals surface area contributed by atoms with Crippen LogP contribution in [0.25, 0.3) is 0 Å². The molecule has 3 rings (SSSR count). The first-order valence-corrected chi connectivity index (χ1v) is 14.7. The molecule has 0 fully saturated rings. The highest BCUT2D eigenvalue weighted by atomic mass is 32.2. The molecule has 0 amide bonds. The summed E-state index contributed by atoms with van der Waals surface area (Å²) < 4.78 is 30.2. The highest BCUT2D eigenvalue weighted by molar-refractivity contribution is 7.89. The number of aryl methyl sites for hydroxylation is 1. The number of hydrogen-bond donors (Lipinski definition) is 1. The number of hydrogen-bond acceptors (Lipinski definition) is 3. The lowest BCUT2D eigenvalue weighted by Gasteiger charge is -2.39. The number of nitrogens with one attached hydrogen (secondary N) is 1. The Morgan fingerprint density at radius 1 is 0.806 bits per heavy atom. The van der Waals surface area contributed by atoms with Gasteiger partial charge in [-0.15, -0.1) is 0 Å². The van der Waals surface area contributed by atoms with Crippen LogP contribution in [0.4, 0.5) is 0 Å². The second-order valence-electron chi connectivity index (χ2n) is 10.3. The van der Waals surface area contributed by atoms with Gasteiger partial charge in [-0.05, 0) is 48.9 Å². The van der Waals surface area contributed by atoms with E-state index in [9.17, 15) is 8.42 Å². The second-order valence-corrected chi connectivity index (χ2v) is 12.0. The first kappa shape index (κ1) is 28.1. The van der Waals surface area contributed by atoms with Crippen molar-refractivity contribution in [2.75, 3.05) is 0 Å². The number of sulfonamides is 1. The Morgan fingerprint density at radius 3 is 1.81 bits per heavy atom. The molecule has 0 radical (unpaired) electrons. The molecule has 0 saturated carbocycles. The van der Waals surface area contributed by atoms with E-state index in [4.69, 9.17) is 0 Å². The van der Waals surface area contributed by atoms with E-state index in [2.05, 4.69) is 78.9 Å². The maximum atomic E-state index is 13.5. The van der Waals surface area contributed by atoms with Crippen LogP contribution in [0.2, 0.25) is 0 Å². The van der Waals surface area contributed by atoms with Crippen LogP contribution in [0.3, 0.4) is 0 Å². The molecule has 0 unspecified atom stereocenters. The lowest BCUT2D eigenvalue weighted by molar-refractivity contribution is 0.123. The maximum absolute atomic E-state index is 13.5. The first-order chi connectivity index (χ1) is 17.3. The zero-order chi connectivity index (χ0) is 26.0. The summed E-state index contributed by atoms with van der Waals surface area (Å²) in [7, 11) is -3.64. The zero-order valence-corrected chi connectivity index (χ0v) is 23.0. The third kappa shape index (κ3) is 8.58. The van der Waals surface area contributed by atoms with Gasteiger partial charge in [-0.3, -0.25) is 4.90 Å². The summed E-state index contributed by atoms with van der Waals surface area (Å²) in [6.45, 7) is 10.1. The van der Waals surface area contributed by atoms with E-state index in [1.165, 1.54) is 11.1 Å². The number of nitrogens with zero attached hydrogens (tertiary/aromatic N) is 1. The van der Waals surface area contributed by atoms with Crippen molar-refractivity contribution in [3.63, 3.8) is 0 Å². The molecule has 0 bridgehead atoms. The van der Waals surface area contributed by atoms with Crippen molar-refractivity contribution >= 4 is 10.0 Å². The smallest absolute Gasteiger partial charge is 0.240 e. The highest BCUT2D eigenvalue weighted by Crippen LogP contribution is 2.25. The Hall–Kier alpha value is -2.47. The van der Waals surface area contributed by atoms with Crippen LogP contribution in [0.5, 0.6) is 0 Å². The van der Waals surface area contributed by atoms with Gasteiger partial charge in [-0.25, -0.2) is 13.1 Å². The van der Waals surface area contributed by atoms with Crippen LogP contribution in [0.1, 0.15) is 63.1 Å². The van der Waals surface area contributed by atoms with E-state index >= 15 is 0 Å². The van der Waals surface area contributed by atoms with E-state index in [-0.39, 0.29) is 12.1 Å². The molecule has 36 heavy (non-hydrogen) atoms. The molecule has 4 nitrogen and oxygen atoms in total. The van der Waals surface area contributed by atoms with Crippen molar-refractivity contribution < 1.29 is 8.42 Å². The van der Waals surface area contributed by atoms with Crippen LogP contribution >= 0.6 is 0 Å². The van der Waals surface area contributed by atoms with Crippen LogP contribution in [-0.4, -0.2) is 25.4 Å². The molecule has 2 atom stereocenters. The summed E-state index contributed by atoms with van der Waals surface area (Å²) in [6, 6.07) is 28.0. The third-order valence-corrected chi connectivity index (χ3v) is 8.12. The lowest BCUT2D eigenvalue weighted by Crippen LogP contribution is -2.51. The largest absolute Gasteiger partial charge is 0.290 e. The molecule has 0 aliphatic rings. The minimum absolute atomic E-state index is 0.0529. The summed E-state index contributed by atoms with van der Waals surface area (Å²) in [4.78, 5) is 2.80. The number of rotatable bonds is 14. The van der Waals surface area contributed by atoms with Gasteiger partial charge in [0.2, 0.25) is 10.0 Å². The van der Waals surface area contributed by atoms with E-state index in [1.54, 1.807) is 12.1 Å². The number of unbranched alkanes of at least 4 members (excludes halogenated alkanes) is 1. The predicted molar refractivity (Wildman–Crippen MR) is 150 cm³/mol. The molecule has 0 saturated heterocycles. The van der Waals surface area contributed by atoms with Crippen molar-refractivity contribution in [2.24, 2.45) is 5.92 Å². The fourth-order valence-electron chi connectivity index (χ4n) is 4.72. The molecule has 0 aliphatic carbocycles. The molecule has 1 N–H and O–H groups in total. The molecule has 194 valence electrons. The average molecular weight is 507 g/mol. The molecular weight excluding hydrogens is 464 g/mol. The average Bonchev–Trinajstić information content (AvgIpc) is 2.86. The molecule has 3 aromatic rings. The topological polar surface area (TPSA) is 49.4 Å². The molecule has 3 aromatic carbocycles. The Kier molecular flexibility index (Phi) is 10.7. The third-order valence-electron chi connectivity index (χ3n) is 6.61. The summed E-state index contributed by atoms with van der Waals surface area (Å²) in [5.74, 6) is 0.428. The van der Waals surface area contributed by atoms with Crippen molar-refractivity contribution in [3.05, 3.63) is 102 Å². The summed E-state index contributed by atoms with van der Waals surface area (Å²) in [5, 5.41) is 0. The van der Waals surface area contributed by atoms with Crippen LogP contribution < -0.4 is 4.72 Å². The summed E-state index contributed by atoms with van der Waals surface area (Å²) >= 11 is 0. The molecule has 5 heteroatoms. The monoisotopic (exact) mass is 506 g/mol. The zero-order valence-electron chi connectivity index (χ0n) is 22.2. The van der Waals surface area contributed by atoms with Gasteiger partial charge in [0.25, 0.3) is 0 Å². The summed E-state index contributed by atoms with van der Waals surface area (Å²) in [5.41, 5.74) is 3.52. The summed E-state index contributed by atoms with van der Waals surface area (Å²) in [6.07, 6.45) is 3.71. The molecule has 0 aliphatic heterocycles. The highest BCUT2D eigenvalue weighted by Gasteiger charge is 2.32. The predicted octanol–water partition coefficient (Wildman–Crippen LogP) is 6.95. The van der Waals surface area contributed by atoms with Gasteiger partial charge in [0.1, 0.15) is 0 Å². The van der Waals surface area contributed by atoms with E-state index < -0.39 is 10.0 Å². The van der Waals surface area contributed by atoms with Crippen molar-refractivity contribution in [1.82, 2.24) is 9.62 Å². The first-order valence-electron chi connectivity index (χ1n) is 13.2. The van der Waals surface area contributed by atoms with E-state index in [1.807, 2.05) is 31.2 Å². The lowest BCUT2D eigenvalue weighted by atomic mass is 9.92. The standard InChI is InChI=1S/C31H42N2O2S/c1-5-6-17-30(32-36(34,35)29-20-18-26(4)19-21-29)31(22-25(2)3)33(23-27-13-9-7-10-14-27)24-28-15-11-8-12-16-28/h7-16,18-21,25,30-32H,5-6,17,22-24H2,1-4H3/t30-,31+/m1/s1. The Labute approximate surface area is 218 Å². The quantitative estimate of drug-likeness (QED) is 0.257. The van der Waals surface area contributed by atoms with Gasteiger partial charge >= 0.3 is 0 Å². The molecule has 0 aromatic heterocycles. The van der Waals surface area contributed by atoms with E-state index in [0.29, 0.717) is 10.8 Å². The minimum atomic E-state index is -3.64. The number of benzene rings is 3. The van der Waals surface area contributed by atoms with Crippen LogP contribution in [0.15, 0.2) is 89.8 Å². The normalized spacial score (nSPS) is 13.7. The fourth-order valence-corrected chi connectivity index (χ4v) is 6.02. The SMILES string of the molecule is CCCC[C@@H](NS(=O)(=O)c1ccc(C)cc1)[C@H](CC(C)C)N(Cc1ccccc1)Cc1ccccc1. The Balaban J connectivity index is 1.99. The van der Waals surface area contributed by atoms with Gasteiger partial charge < -0.3 is 0 Å². The Morgan fingerprint density at radius 2 is 1.33 bits per heavy atom. The van der Waals surface area contributed by atoms with Gasteiger partial charge in [-0.1, -0.05) is 112 Å². The molecule has 0 spiro atoms. The van der Waals surface area contributed by atoms with Crippen molar-refractivity contribution in [2.45, 2.75) is 83.4 Å². The second kappa shape index (κ2) is 13.7. The van der Waals surface area contributed by atoms with Gasteiger partial charge in [0.05, 0.1) is 4.90 Å².